The van der Waals surface area contributed by atoms with Crippen molar-refractivity contribution in [1.82, 2.24) is 5.32 Å². The molecule has 0 aliphatic rings. The van der Waals surface area contributed by atoms with Gasteiger partial charge in [0, 0.05) is 11.4 Å². The molecule has 0 fully saturated rings. The highest BCUT2D eigenvalue weighted by atomic mass is 35.5. The lowest BCUT2D eigenvalue weighted by atomic mass is 10.0. The first-order valence-corrected chi connectivity index (χ1v) is 6.30. The van der Waals surface area contributed by atoms with Crippen LogP contribution in [0, 0.1) is 0 Å². The van der Waals surface area contributed by atoms with Gasteiger partial charge >= 0.3 is 0 Å². The number of nitrogens with two attached hydrogens (primary N) is 1. The quantitative estimate of drug-likeness (QED) is 0.820. The minimum Gasteiger partial charge on any atom is -0.349 e. The summed E-state index contributed by atoms with van der Waals surface area (Å²) < 4.78 is 0. The molecule has 0 spiro atoms. The second-order valence-corrected chi connectivity index (χ2v) is 4.41. The maximum absolute atomic E-state index is 11.6. The van der Waals surface area contributed by atoms with E-state index in [-0.39, 0.29) is 11.9 Å². The molecule has 94 valence electrons. The zero-order chi connectivity index (χ0) is 12.7. The first kappa shape index (κ1) is 14.0. The maximum Gasteiger partial charge on any atom is 0.220 e. The minimum absolute atomic E-state index is 0.0530. The number of carbonyl (C=O) groups excluding carboxylic acids is 1. The number of hydrogen-bond donors (Lipinski definition) is 2. The number of halogens is 1. The predicted octanol–water partition coefficient (Wildman–Crippen LogP) is 2.65. The van der Waals surface area contributed by atoms with Crippen LogP contribution in [0.3, 0.4) is 0 Å². The summed E-state index contributed by atoms with van der Waals surface area (Å²) in [6.07, 6.45) is 2.07. The Bertz CT molecular complexity index is 351. The Kier molecular flexibility index (Phi) is 6.01. The third-order valence-electron chi connectivity index (χ3n) is 2.62. The lowest BCUT2D eigenvalue weighted by Crippen LogP contribution is -2.28. The normalized spacial score (nSPS) is 12.2. The monoisotopic (exact) mass is 254 g/mol. The Morgan fingerprint density at radius 3 is 2.59 bits per heavy atom. The first-order chi connectivity index (χ1) is 8.17. The molecule has 1 unspecified atom stereocenters. The van der Waals surface area contributed by atoms with Crippen LogP contribution in [0.15, 0.2) is 24.3 Å². The van der Waals surface area contributed by atoms with Crippen LogP contribution in [-0.4, -0.2) is 12.5 Å². The average molecular weight is 255 g/mol. The predicted molar refractivity (Wildman–Crippen MR) is 70.9 cm³/mol. The molecule has 0 aliphatic heterocycles. The van der Waals surface area contributed by atoms with Crippen molar-refractivity contribution >= 4 is 17.5 Å². The van der Waals surface area contributed by atoms with Gasteiger partial charge in [-0.15, -0.1) is 0 Å². The van der Waals surface area contributed by atoms with E-state index in [1.165, 1.54) is 0 Å². The number of rotatable bonds is 6. The van der Waals surface area contributed by atoms with Crippen molar-refractivity contribution < 1.29 is 4.79 Å². The summed E-state index contributed by atoms with van der Waals surface area (Å²) in [5.74, 6) is 0.0530. The van der Waals surface area contributed by atoms with Crippen molar-refractivity contribution in [3.63, 3.8) is 0 Å². The fourth-order valence-corrected chi connectivity index (χ4v) is 1.77. The third kappa shape index (κ3) is 4.75. The maximum atomic E-state index is 11.6. The van der Waals surface area contributed by atoms with Crippen molar-refractivity contribution in [3.8, 4) is 0 Å². The number of amides is 1. The van der Waals surface area contributed by atoms with E-state index in [9.17, 15) is 4.79 Å². The number of nitrogens with one attached hydrogen (secondary N) is 1. The Balaban J connectivity index is 2.59. The molecule has 0 heterocycles. The molecule has 1 rings (SSSR count). The largest absolute Gasteiger partial charge is 0.349 e. The van der Waals surface area contributed by atoms with E-state index in [2.05, 4.69) is 5.32 Å². The molecule has 0 aliphatic carbocycles. The van der Waals surface area contributed by atoms with Gasteiger partial charge in [0.2, 0.25) is 5.91 Å². The molecule has 17 heavy (non-hydrogen) atoms. The molecule has 0 saturated heterocycles. The van der Waals surface area contributed by atoms with Crippen molar-refractivity contribution in [2.75, 3.05) is 6.54 Å². The average Bonchev–Trinajstić information content (AvgIpc) is 2.34. The number of benzene rings is 1. The fourth-order valence-electron chi connectivity index (χ4n) is 1.65. The molecule has 3 nitrogen and oxygen atoms in total. The van der Waals surface area contributed by atoms with Crippen molar-refractivity contribution in [2.45, 2.75) is 32.2 Å². The van der Waals surface area contributed by atoms with E-state index < -0.39 is 0 Å². The Morgan fingerprint density at radius 2 is 2.06 bits per heavy atom. The second-order valence-electron chi connectivity index (χ2n) is 3.97. The lowest BCUT2D eigenvalue weighted by molar-refractivity contribution is -0.121. The highest BCUT2D eigenvalue weighted by Gasteiger charge is 2.11. The number of hydrogen-bond acceptors (Lipinski definition) is 2. The van der Waals surface area contributed by atoms with Crippen molar-refractivity contribution in [1.29, 1.82) is 0 Å². The van der Waals surface area contributed by atoms with Crippen LogP contribution in [0.2, 0.25) is 5.02 Å². The standard InChI is InChI=1S/C13H19ClN2O/c1-2-12(16-13(17)4-3-9-15)10-5-7-11(14)8-6-10/h5-8,12H,2-4,9,15H2,1H3,(H,16,17). The van der Waals surface area contributed by atoms with Crippen LogP contribution in [0.25, 0.3) is 0 Å². The van der Waals surface area contributed by atoms with Gasteiger partial charge in [-0.05, 0) is 37.1 Å². The van der Waals surface area contributed by atoms with Gasteiger partial charge in [0.1, 0.15) is 0 Å². The van der Waals surface area contributed by atoms with Gasteiger partial charge in [-0.3, -0.25) is 4.79 Å². The summed E-state index contributed by atoms with van der Waals surface area (Å²) in [5, 5.41) is 3.71. The summed E-state index contributed by atoms with van der Waals surface area (Å²) in [6, 6.07) is 7.62. The molecule has 4 heteroatoms. The van der Waals surface area contributed by atoms with E-state index >= 15 is 0 Å². The Labute approximate surface area is 107 Å². The van der Waals surface area contributed by atoms with Crippen LogP contribution >= 0.6 is 11.6 Å². The molecule has 0 bridgehead atoms. The summed E-state index contributed by atoms with van der Waals surface area (Å²) in [5.41, 5.74) is 6.45. The topological polar surface area (TPSA) is 55.1 Å². The fraction of sp³-hybridized carbons (Fsp3) is 0.462. The van der Waals surface area contributed by atoms with Gasteiger partial charge in [0.05, 0.1) is 6.04 Å². The molecular weight excluding hydrogens is 236 g/mol. The highest BCUT2D eigenvalue weighted by Crippen LogP contribution is 2.19. The molecule has 1 atom stereocenters. The summed E-state index contributed by atoms with van der Waals surface area (Å²) >= 11 is 5.83. The van der Waals surface area contributed by atoms with E-state index in [0.717, 1.165) is 18.4 Å². The van der Waals surface area contributed by atoms with Crippen LogP contribution in [0.5, 0.6) is 0 Å². The van der Waals surface area contributed by atoms with E-state index in [1.54, 1.807) is 0 Å². The molecule has 0 aromatic heterocycles. The molecule has 1 aromatic carbocycles. The third-order valence-corrected chi connectivity index (χ3v) is 2.88. The first-order valence-electron chi connectivity index (χ1n) is 5.92. The van der Waals surface area contributed by atoms with E-state index in [1.807, 2.05) is 31.2 Å². The highest BCUT2D eigenvalue weighted by molar-refractivity contribution is 6.30. The van der Waals surface area contributed by atoms with Gasteiger partial charge in [-0.2, -0.15) is 0 Å². The molecule has 3 N–H and O–H groups in total. The summed E-state index contributed by atoms with van der Waals surface area (Å²) in [4.78, 5) is 11.6. The van der Waals surface area contributed by atoms with E-state index in [0.29, 0.717) is 18.0 Å². The molecular formula is C13H19ClN2O. The molecule has 0 saturated carbocycles. The van der Waals surface area contributed by atoms with Crippen LogP contribution < -0.4 is 11.1 Å². The zero-order valence-electron chi connectivity index (χ0n) is 10.1. The smallest absolute Gasteiger partial charge is 0.220 e. The van der Waals surface area contributed by atoms with Gasteiger partial charge < -0.3 is 11.1 Å². The van der Waals surface area contributed by atoms with Gasteiger partial charge in [0.15, 0.2) is 0 Å². The summed E-state index contributed by atoms with van der Waals surface area (Å²) in [6.45, 7) is 2.59. The summed E-state index contributed by atoms with van der Waals surface area (Å²) in [7, 11) is 0. The second kappa shape index (κ2) is 7.30. The van der Waals surface area contributed by atoms with Gasteiger partial charge in [0.25, 0.3) is 0 Å². The molecule has 1 amide bonds. The Morgan fingerprint density at radius 1 is 1.41 bits per heavy atom. The van der Waals surface area contributed by atoms with Crippen LogP contribution in [0.1, 0.15) is 37.8 Å². The molecule has 0 radical (unpaired) electrons. The van der Waals surface area contributed by atoms with Crippen LogP contribution in [-0.2, 0) is 4.79 Å². The van der Waals surface area contributed by atoms with Crippen molar-refractivity contribution in [2.24, 2.45) is 5.73 Å². The molecule has 1 aromatic rings. The minimum atomic E-state index is 0.0530. The van der Waals surface area contributed by atoms with Gasteiger partial charge in [-0.1, -0.05) is 30.7 Å². The zero-order valence-corrected chi connectivity index (χ0v) is 10.8. The number of carbonyl (C=O) groups is 1. The van der Waals surface area contributed by atoms with Crippen molar-refractivity contribution in [3.05, 3.63) is 34.9 Å². The lowest BCUT2D eigenvalue weighted by Gasteiger charge is -2.17. The Hall–Kier alpha value is -1.06. The SMILES string of the molecule is CCC(NC(=O)CCCN)c1ccc(Cl)cc1. The van der Waals surface area contributed by atoms with E-state index in [4.69, 9.17) is 17.3 Å². The van der Waals surface area contributed by atoms with Crippen LogP contribution in [0.4, 0.5) is 0 Å². The van der Waals surface area contributed by atoms with Gasteiger partial charge in [-0.25, -0.2) is 0 Å².